The molecular weight excluding hydrogens is 286 g/mol. The maximum atomic E-state index is 5.93. The van der Waals surface area contributed by atoms with Gasteiger partial charge in [-0.15, -0.1) is 0 Å². The van der Waals surface area contributed by atoms with Crippen LogP contribution in [0, 0.1) is 0 Å². The van der Waals surface area contributed by atoms with Crippen molar-refractivity contribution in [1.82, 2.24) is 10.6 Å². The first-order valence-electron chi connectivity index (χ1n) is 8.08. The van der Waals surface area contributed by atoms with Crippen molar-refractivity contribution in [3.63, 3.8) is 0 Å². The Bertz CT molecular complexity index is 630. The molecule has 0 saturated carbocycles. The van der Waals surface area contributed by atoms with Gasteiger partial charge in [-0.2, -0.15) is 0 Å². The zero-order chi connectivity index (χ0) is 15.9. The van der Waals surface area contributed by atoms with Crippen LogP contribution >= 0.6 is 0 Å². The largest absolute Gasteiger partial charge is 0.488 e. The van der Waals surface area contributed by atoms with Crippen molar-refractivity contribution in [2.75, 3.05) is 20.1 Å². The van der Waals surface area contributed by atoms with Gasteiger partial charge in [0, 0.05) is 20.0 Å². The minimum Gasteiger partial charge on any atom is -0.488 e. The molecule has 0 aliphatic carbocycles. The number of ether oxygens (including phenoxy) is 1. The minimum atomic E-state index is 0.167. The van der Waals surface area contributed by atoms with Gasteiger partial charge in [0.25, 0.3) is 0 Å². The number of aliphatic imine (C=N–C) groups is 1. The van der Waals surface area contributed by atoms with E-state index >= 15 is 0 Å². The second kappa shape index (κ2) is 7.68. The summed E-state index contributed by atoms with van der Waals surface area (Å²) in [5, 5.41) is 6.69. The molecule has 0 radical (unpaired) electrons. The summed E-state index contributed by atoms with van der Waals surface area (Å²) < 4.78 is 5.93. The fourth-order valence-corrected chi connectivity index (χ4v) is 2.77. The van der Waals surface area contributed by atoms with Crippen LogP contribution < -0.4 is 15.4 Å². The average Bonchev–Trinajstić information content (AvgIpc) is 3.01. The lowest BCUT2D eigenvalue weighted by atomic mass is 10.1. The number of hydrogen-bond donors (Lipinski definition) is 2. The lowest BCUT2D eigenvalue weighted by Gasteiger charge is -2.15. The lowest BCUT2D eigenvalue weighted by molar-refractivity contribution is 0.235. The van der Waals surface area contributed by atoms with E-state index in [1.165, 1.54) is 11.1 Å². The molecule has 0 bridgehead atoms. The van der Waals surface area contributed by atoms with Crippen molar-refractivity contribution in [1.29, 1.82) is 0 Å². The Hall–Kier alpha value is -2.49. The Kier molecular flexibility index (Phi) is 5.14. The maximum absolute atomic E-state index is 5.93. The van der Waals surface area contributed by atoms with Crippen LogP contribution in [0.15, 0.2) is 59.6 Å². The highest BCUT2D eigenvalue weighted by atomic mass is 16.5. The van der Waals surface area contributed by atoms with Crippen LogP contribution in [-0.2, 0) is 12.8 Å². The third kappa shape index (κ3) is 4.25. The molecule has 0 aromatic heterocycles. The molecule has 1 atom stereocenters. The molecule has 2 aromatic carbocycles. The minimum absolute atomic E-state index is 0.167. The monoisotopic (exact) mass is 309 g/mol. The Labute approximate surface area is 137 Å². The van der Waals surface area contributed by atoms with E-state index in [0.29, 0.717) is 0 Å². The summed E-state index contributed by atoms with van der Waals surface area (Å²) in [7, 11) is 1.79. The number of nitrogens with one attached hydrogen (secondary N) is 2. The SMILES string of the molecule is CN=C(NCCc1ccccc1)NCC1Cc2ccccc2O1. The summed E-state index contributed by atoms with van der Waals surface area (Å²) in [6.45, 7) is 1.61. The Morgan fingerprint density at radius 1 is 1.09 bits per heavy atom. The van der Waals surface area contributed by atoms with Crippen LogP contribution in [0.3, 0.4) is 0 Å². The van der Waals surface area contributed by atoms with Crippen molar-refractivity contribution in [2.24, 2.45) is 4.99 Å². The van der Waals surface area contributed by atoms with Crippen LogP contribution in [0.2, 0.25) is 0 Å². The van der Waals surface area contributed by atoms with Gasteiger partial charge in [0.1, 0.15) is 11.9 Å². The molecule has 1 aliphatic heterocycles. The molecule has 1 aliphatic rings. The molecule has 0 amide bonds. The topological polar surface area (TPSA) is 45.7 Å². The molecule has 1 heterocycles. The Morgan fingerprint density at radius 3 is 2.65 bits per heavy atom. The third-order valence-corrected chi connectivity index (χ3v) is 3.98. The number of hydrogen-bond acceptors (Lipinski definition) is 2. The number of guanidine groups is 1. The molecule has 4 heteroatoms. The van der Waals surface area contributed by atoms with Gasteiger partial charge in [0.2, 0.25) is 0 Å². The van der Waals surface area contributed by atoms with Gasteiger partial charge in [-0.05, 0) is 23.6 Å². The van der Waals surface area contributed by atoms with E-state index in [2.05, 4.69) is 52.0 Å². The summed E-state index contributed by atoms with van der Waals surface area (Å²) in [5.74, 6) is 1.83. The van der Waals surface area contributed by atoms with Crippen molar-refractivity contribution in [3.05, 3.63) is 65.7 Å². The molecule has 4 nitrogen and oxygen atoms in total. The fraction of sp³-hybridized carbons (Fsp3) is 0.316. The Balaban J connectivity index is 1.41. The second-order valence-electron chi connectivity index (χ2n) is 5.67. The van der Waals surface area contributed by atoms with Gasteiger partial charge in [-0.25, -0.2) is 0 Å². The number of para-hydroxylation sites is 1. The quantitative estimate of drug-likeness (QED) is 0.658. The first-order valence-corrected chi connectivity index (χ1v) is 8.08. The van der Waals surface area contributed by atoms with E-state index in [-0.39, 0.29) is 6.10 Å². The lowest BCUT2D eigenvalue weighted by Crippen LogP contribution is -2.42. The zero-order valence-corrected chi connectivity index (χ0v) is 13.5. The summed E-state index contributed by atoms with van der Waals surface area (Å²) in [6.07, 6.45) is 2.09. The predicted octanol–water partition coefficient (Wildman–Crippen LogP) is 2.40. The van der Waals surface area contributed by atoms with Gasteiger partial charge in [-0.1, -0.05) is 48.5 Å². The van der Waals surface area contributed by atoms with E-state index in [9.17, 15) is 0 Å². The molecule has 2 aromatic rings. The highest BCUT2D eigenvalue weighted by Crippen LogP contribution is 2.27. The summed E-state index contributed by atoms with van der Waals surface area (Å²) in [6, 6.07) is 18.7. The molecule has 0 spiro atoms. The number of rotatable bonds is 5. The van der Waals surface area contributed by atoms with Crippen LogP contribution in [0.4, 0.5) is 0 Å². The van der Waals surface area contributed by atoms with Crippen LogP contribution in [0.25, 0.3) is 0 Å². The fourth-order valence-electron chi connectivity index (χ4n) is 2.77. The summed E-state index contributed by atoms with van der Waals surface area (Å²) in [5.41, 5.74) is 2.61. The van der Waals surface area contributed by atoms with E-state index in [1.807, 2.05) is 18.2 Å². The molecule has 1 unspecified atom stereocenters. The van der Waals surface area contributed by atoms with Crippen molar-refractivity contribution < 1.29 is 4.74 Å². The Morgan fingerprint density at radius 2 is 1.87 bits per heavy atom. The van der Waals surface area contributed by atoms with E-state index in [1.54, 1.807) is 7.05 Å². The molecule has 23 heavy (non-hydrogen) atoms. The van der Waals surface area contributed by atoms with E-state index < -0.39 is 0 Å². The highest BCUT2D eigenvalue weighted by molar-refractivity contribution is 5.79. The zero-order valence-electron chi connectivity index (χ0n) is 13.5. The molecule has 120 valence electrons. The first-order chi connectivity index (χ1) is 11.3. The van der Waals surface area contributed by atoms with Gasteiger partial charge in [-0.3, -0.25) is 4.99 Å². The van der Waals surface area contributed by atoms with Gasteiger partial charge in [0.05, 0.1) is 6.54 Å². The molecule has 0 fully saturated rings. The number of fused-ring (bicyclic) bond motifs is 1. The van der Waals surface area contributed by atoms with Crippen LogP contribution in [0.1, 0.15) is 11.1 Å². The van der Waals surface area contributed by atoms with Crippen molar-refractivity contribution in [3.8, 4) is 5.75 Å². The first kappa shape index (κ1) is 15.4. The maximum Gasteiger partial charge on any atom is 0.191 e. The standard InChI is InChI=1S/C19H23N3O/c1-20-19(21-12-11-15-7-3-2-4-8-15)22-14-17-13-16-9-5-6-10-18(16)23-17/h2-10,17H,11-14H2,1H3,(H2,20,21,22). The average molecular weight is 309 g/mol. The smallest absolute Gasteiger partial charge is 0.191 e. The summed E-state index contributed by atoms with van der Waals surface area (Å²) in [4.78, 5) is 4.27. The van der Waals surface area contributed by atoms with Crippen LogP contribution in [-0.4, -0.2) is 32.2 Å². The van der Waals surface area contributed by atoms with Gasteiger partial charge < -0.3 is 15.4 Å². The van der Waals surface area contributed by atoms with E-state index in [4.69, 9.17) is 4.74 Å². The summed E-state index contributed by atoms with van der Waals surface area (Å²) >= 11 is 0. The number of benzene rings is 2. The molecule has 0 saturated heterocycles. The molecular formula is C19H23N3O. The van der Waals surface area contributed by atoms with Gasteiger partial charge in [0.15, 0.2) is 5.96 Å². The third-order valence-electron chi connectivity index (χ3n) is 3.98. The van der Waals surface area contributed by atoms with Crippen molar-refractivity contribution >= 4 is 5.96 Å². The molecule has 3 rings (SSSR count). The van der Waals surface area contributed by atoms with Crippen LogP contribution in [0.5, 0.6) is 5.75 Å². The second-order valence-corrected chi connectivity index (χ2v) is 5.67. The normalized spacial score (nSPS) is 16.6. The number of nitrogens with zero attached hydrogens (tertiary/aromatic N) is 1. The highest BCUT2D eigenvalue weighted by Gasteiger charge is 2.22. The van der Waals surface area contributed by atoms with E-state index in [0.717, 1.165) is 37.6 Å². The van der Waals surface area contributed by atoms with Gasteiger partial charge >= 0.3 is 0 Å². The predicted molar refractivity (Wildman–Crippen MR) is 94.1 cm³/mol. The molecule has 2 N–H and O–H groups in total. The van der Waals surface area contributed by atoms with Crippen molar-refractivity contribution in [2.45, 2.75) is 18.9 Å².